The van der Waals surface area contributed by atoms with Crippen molar-refractivity contribution in [3.63, 3.8) is 0 Å². The summed E-state index contributed by atoms with van der Waals surface area (Å²) in [5, 5.41) is 3.53. The van der Waals surface area contributed by atoms with Gasteiger partial charge in [-0.2, -0.15) is 0 Å². The van der Waals surface area contributed by atoms with E-state index in [9.17, 15) is 0 Å². The maximum Gasteiger partial charge on any atom is 0.0302 e. The van der Waals surface area contributed by atoms with E-state index >= 15 is 0 Å². The van der Waals surface area contributed by atoms with Crippen LogP contribution in [-0.2, 0) is 0 Å². The third-order valence-electron chi connectivity index (χ3n) is 3.04. The Kier molecular flexibility index (Phi) is 4.31. The average molecular weight is 217 g/mol. The van der Waals surface area contributed by atoms with E-state index in [2.05, 4.69) is 58.6 Å². The van der Waals surface area contributed by atoms with E-state index in [-0.39, 0.29) is 0 Å². The zero-order valence-electron chi connectivity index (χ0n) is 11.1. The molecule has 0 fully saturated rings. The van der Waals surface area contributed by atoms with Crippen molar-refractivity contribution in [3.05, 3.63) is 47.0 Å². The maximum atomic E-state index is 3.80. The zero-order chi connectivity index (χ0) is 12.3. The summed E-state index contributed by atoms with van der Waals surface area (Å²) in [6.45, 7) is 14.7. The third kappa shape index (κ3) is 2.96. The second-order valence-electron chi connectivity index (χ2n) is 4.73. The van der Waals surface area contributed by atoms with Crippen LogP contribution in [0.3, 0.4) is 0 Å². The Bertz CT molecular complexity index is 356. The van der Waals surface area contributed by atoms with E-state index < -0.39 is 0 Å². The number of nitrogens with one attached hydrogen (secondary N) is 1. The average Bonchev–Trinajstić information content (AvgIpc) is 2.15. The predicted octanol–water partition coefficient (Wildman–Crippen LogP) is 3.84. The zero-order valence-corrected chi connectivity index (χ0v) is 11.1. The number of rotatable bonds is 4. The van der Waals surface area contributed by atoms with Crippen LogP contribution in [0, 0.1) is 20.8 Å². The van der Waals surface area contributed by atoms with Crippen LogP contribution in [0.1, 0.15) is 42.1 Å². The molecule has 0 heterocycles. The van der Waals surface area contributed by atoms with Crippen molar-refractivity contribution < 1.29 is 0 Å². The quantitative estimate of drug-likeness (QED) is 0.756. The molecule has 0 radical (unpaired) electrons. The summed E-state index contributed by atoms with van der Waals surface area (Å²) in [5.41, 5.74) is 5.49. The second kappa shape index (κ2) is 5.31. The lowest BCUT2D eigenvalue weighted by Gasteiger charge is -2.22. The van der Waals surface area contributed by atoms with E-state index in [0.717, 1.165) is 0 Å². The third-order valence-corrected chi connectivity index (χ3v) is 3.04. The number of hydrogen-bond acceptors (Lipinski definition) is 1. The van der Waals surface area contributed by atoms with E-state index in [1.165, 1.54) is 22.3 Å². The van der Waals surface area contributed by atoms with Crippen LogP contribution in [0.15, 0.2) is 24.8 Å². The molecular formula is C15H23N. The largest absolute Gasteiger partial charge is 0.304 e. The normalized spacial score (nSPS) is 14.6. The second-order valence-corrected chi connectivity index (χ2v) is 4.73. The van der Waals surface area contributed by atoms with Crippen LogP contribution in [0.4, 0.5) is 0 Å². The molecule has 2 atom stereocenters. The highest BCUT2D eigenvalue weighted by atomic mass is 14.9. The van der Waals surface area contributed by atoms with Gasteiger partial charge in [-0.1, -0.05) is 23.8 Å². The molecule has 1 N–H and O–H groups in total. The van der Waals surface area contributed by atoms with Crippen LogP contribution in [0.25, 0.3) is 0 Å². The van der Waals surface area contributed by atoms with Gasteiger partial charge in [0.05, 0.1) is 0 Å². The van der Waals surface area contributed by atoms with Crippen molar-refractivity contribution in [3.8, 4) is 0 Å². The van der Waals surface area contributed by atoms with Crippen molar-refractivity contribution in [2.24, 2.45) is 0 Å². The van der Waals surface area contributed by atoms with Gasteiger partial charge in [0.1, 0.15) is 0 Å². The Morgan fingerprint density at radius 2 is 1.62 bits per heavy atom. The van der Waals surface area contributed by atoms with Gasteiger partial charge in [0.25, 0.3) is 0 Å². The molecule has 1 aromatic carbocycles. The van der Waals surface area contributed by atoms with Gasteiger partial charge >= 0.3 is 0 Å². The van der Waals surface area contributed by atoms with Crippen molar-refractivity contribution in [1.29, 1.82) is 0 Å². The van der Waals surface area contributed by atoms with Crippen LogP contribution in [0.5, 0.6) is 0 Å². The van der Waals surface area contributed by atoms with Gasteiger partial charge in [0, 0.05) is 12.1 Å². The van der Waals surface area contributed by atoms with Gasteiger partial charge in [0.2, 0.25) is 0 Å². The van der Waals surface area contributed by atoms with Crippen molar-refractivity contribution in [2.45, 2.75) is 46.7 Å². The fourth-order valence-corrected chi connectivity index (χ4v) is 2.42. The predicted molar refractivity (Wildman–Crippen MR) is 71.9 cm³/mol. The van der Waals surface area contributed by atoms with Crippen molar-refractivity contribution in [2.75, 3.05) is 0 Å². The number of benzene rings is 1. The Morgan fingerprint density at radius 3 is 2.06 bits per heavy atom. The fourth-order valence-electron chi connectivity index (χ4n) is 2.42. The van der Waals surface area contributed by atoms with Gasteiger partial charge in [-0.3, -0.25) is 0 Å². The smallest absolute Gasteiger partial charge is 0.0302 e. The monoisotopic (exact) mass is 217 g/mol. The minimum Gasteiger partial charge on any atom is -0.304 e. The molecule has 0 aliphatic carbocycles. The Balaban J connectivity index is 2.99. The van der Waals surface area contributed by atoms with Gasteiger partial charge in [-0.15, -0.1) is 6.58 Å². The maximum absolute atomic E-state index is 3.80. The number of hydrogen-bond donors (Lipinski definition) is 1. The minimum atomic E-state index is 0.343. The highest BCUT2D eigenvalue weighted by Gasteiger charge is 2.12. The molecular weight excluding hydrogens is 194 g/mol. The summed E-state index contributed by atoms with van der Waals surface area (Å²) in [5.74, 6) is 0. The van der Waals surface area contributed by atoms with Gasteiger partial charge < -0.3 is 5.32 Å². The van der Waals surface area contributed by atoms with E-state index in [0.29, 0.717) is 12.1 Å². The first-order valence-corrected chi connectivity index (χ1v) is 5.92. The Labute approximate surface area is 99.6 Å². The lowest BCUT2D eigenvalue weighted by atomic mass is 9.94. The molecule has 0 aliphatic rings. The van der Waals surface area contributed by atoms with E-state index in [4.69, 9.17) is 0 Å². The first kappa shape index (κ1) is 13.0. The highest BCUT2D eigenvalue weighted by molar-refractivity contribution is 5.39. The molecule has 88 valence electrons. The molecule has 0 saturated carbocycles. The van der Waals surface area contributed by atoms with Crippen LogP contribution >= 0.6 is 0 Å². The van der Waals surface area contributed by atoms with Gasteiger partial charge in [-0.25, -0.2) is 0 Å². The number of aryl methyl sites for hydroxylation is 3. The Morgan fingerprint density at radius 1 is 1.12 bits per heavy atom. The molecule has 16 heavy (non-hydrogen) atoms. The molecule has 0 amide bonds. The summed E-state index contributed by atoms with van der Waals surface area (Å²) in [6, 6.07) is 5.21. The molecule has 0 aromatic heterocycles. The van der Waals surface area contributed by atoms with Gasteiger partial charge in [0.15, 0.2) is 0 Å². The highest BCUT2D eigenvalue weighted by Crippen LogP contribution is 2.23. The molecule has 1 rings (SSSR count). The van der Waals surface area contributed by atoms with Crippen molar-refractivity contribution >= 4 is 0 Å². The SMILES string of the molecule is C=CC(C)NC(C)c1c(C)cc(C)cc1C. The first-order chi connectivity index (χ1) is 7.45. The minimum absolute atomic E-state index is 0.343. The van der Waals surface area contributed by atoms with Crippen LogP contribution in [-0.4, -0.2) is 6.04 Å². The van der Waals surface area contributed by atoms with Crippen LogP contribution in [0.2, 0.25) is 0 Å². The molecule has 0 bridgehead atoms. The van der Waals surface area contributed by atoms with Crippen molar-refractivity contribution in [1.82, 2.24) is 5.32 Å². The molecule has 1 nitrogen and oxygen atoms in total. The first-order valence-electron chi connectivity index (χ1n) is 5.92. The van der Waals surface area contributed by atoms with Crippen LogP contribution < -0.4 is 5.32 Å². The summed E-state index contributed by atoms with van der Waals surface area (Å²) in [7, 11) is 0. The summed E-state index contributed by atoms with van der Waals surface area (Å²) in [4.78, 5) is 0. The summed E-state index contributed by atoms with van der Waals surface area (Å²) in [6.07, 6.45) is 1.94. The van der Waals surface area contributed by atoms with E-state index in [1.54, 1.807) is 0 Å². The molecule has 0 aliphatic heterocycles. The molecule has 2 unspecified atom stereocenters. The fraction of sp³-hybridized carbons (Fsp3) is 0.467. The van der Waals surface area contributed by atoms with E-state index in [1.807, 2.05) is 6.08 Å². The molecule has 1 aromatic rings. The lowest BCUT2D eigenvalue weighted by molar-refractivity contribution is 0.533. The summed E-state index contributed by atoms with van der Waals surface area (Å²) < 4.78 is 0. The topological polar surface area (TPSA) is 12.0 Å². The summed E-state index contributed by atoms with van der Waals surface area (Å²) >= 11 is 0. The Hall–Kier alpha value is -1.08. The molecule has 0 saturated heterocycles. The molecule has 1 heteroatoms. The standard InChI is InChI=1S/C15H23N/c1-7-13(5)16-14(6)15-11(3)8-10(2)9-12(15)4/h7-9,13-14,16H,1H2,2-6H3. The van der Waals surface area contributed by atoms with Gasteiger partial charge in [-0.05, 0) is 51.3 Å². The lowest BCUT2D eigenvalue weighted by Crippen LogP contribution is -2.28. The molecule has 0 spiro atoms.